The summed E-state index contributed by atoms with van der Waals surface area (Å²) in [5.74, 6) is 0. The van der Waals surface area contributed by atoms with Gasteiger partial charge in [0.2, 0.25) is 0 Å². The van der Waals surface area contributed by atoms with E-state index in [1.165, 1.54) is 45.1 Å². The van der Waals surface area contributed by atoms with Gasteiger partial charge in [-0.3, -0.25) is 0 Å². The Hall–Kier alpha value is -0.0800. The minimum atomic E-state index is 0.549. The molecule has 0 aliphatic heterocycles. The van der Waals surface area contributed by atoms with E-state index >= 15 is 0 Å². The molecular weight excluding hydrogens is 174 g/mol. The number of nitrogens with one attached hydrogen (secondary N) is 1. The molecule has 84 valence electrons. The fourth-order valence-electron chi connectivity index (χ4n) is 1.96. The Balaban J connectivity index is 1.81. The highest BCUT2D eigenvalue weighted by atomic mass is 16.5. The van der Waals surface area contributed by atoms with Gasteiger partial charge < -0.3 is 10.1 Å². The minimum absolute atomic E-state index is 0.549. The Bertz CT molecular complexity index is 132. The van der Waals surface area contributed by atoms with Gasteiger partial charge in [0.25, 0.3) is 0 Å². The monoisotopic (exact) mass is 199 g/mol. The van der Waals surface area contributed by atoms with E-state index in [1.54, 1.807) is 0 Å². The Morgan fingerprint density at radius 3 is 2.57 bits per heavy atom. The van der Waals surface area contributed by atoms with E-state index in [4.69, 9.17) is 4.74 Å². The summed E-state index contributed by atoms with van der Waals surface area (Å²) in [4.78, 5) is 0. The van der Waals surface area contributed by atoms with Crippen LogP contribution in [0.3, 0.4) is 0 Å². The van der Waals surface area contributed by atoms with Gasteiger partial charge in [-0.05, 0) is 32.7 Å². The van der Waals surface area contributed by atoms with Crippen molar-refractivity contribution in [1.29, 1.82) is 0 Å². The van der Waals surface area contributed by atoms with Crippen LogP contribution in [0.5, 0.6) is 0 Å². The predicted octanol–water partition coefficient (Wildman–Crippen LogP) is 2.72. The van der Waals surface area contributed by atoms with Gasteiger partial charge in [0.15, 0.2) is 0 Å². The van der Waals surface area contributed by atoms with Crippen LogP contribution in [0.15, 0.2) is 0 Å². The summed E-state index contributed by atoms with van der Waals surface area (Å²) in [5.41, 5.74) is 0. The molecule has 14 heavy (non-hydrogen) atoms. The van der Waals surface area contributed by atoms with Crippen molar-refractivity contribution in [1.82, 2.24) is 5.32 Å². The van der Waals surface area contributed by atoms with Gasteiger partial charge in [0.05, 0.1) is 6.10 Å². The molecule has 0 aromatic heterocycles. The zero-order valence-electron chi connectivity index (χ0n) is 9.72. The highest BCUT2D eigenvalue weighted by Crippen LogP contribution is 2.22. The summed E-state index contributed by atoms with van der Waals surface area (Å²) in [6, 6.07) is 0.744. The quantitative estimate of drug-likeness (QED) is 0.607. The molecule has 1 aliphatic rings. The molecule has 0 bridgehead atoms. The van der Waals surface area contributed by atoms with Crippen molar-refractivity contribution in [2.24, 2.45) is 0 Å². The van der Waals surface area contributed by atoms with E-state index in [0.29, 0.717) is 6.10 Å². The third-order valence-electron chi connectivity index (χ3n) is 2.96. The van der Waals surface area contributed by atoms with E-state index < -0.39 is 0 Å². The van der Waals surface area contributed by atoms with Crippen LogP contribution in [0.25, 0.3) is 0 Å². The third kappa shape index (κ3) is 4.43. The smallest absolute Gasteiger partial charge is 0.0604 e. The molecule has 0 saturated heterocycles. The topological polar surface area (TPSA) is 21.3 Å². The first kappa shape index (κ1) is 12.0. The molecule has 1 aliphatic carbocycles. The second-order valence-electron chi connectivity index (χ2n) is 4.26. The van der Waals surface area contributed by atoms with Crippen LogP contribution in [0, 0.1) is 0 Å². The van der Waals surface area contributed by atoms with Crippen molar-refractivity contribution in [3.8, 4) is 0 Å². The highest BCUT2D eigenvalue weighted by molar-refractivity contribution is 4.85. The Labute approximate surface area is 88.4 Å². The lowest BCUT2D eigenvalue weighted by Crippen LogP contribution is -2.45. The van der Waals surface area contributed by atoms with Crippen LogP contribution in [-0.4, -0.2) is 25.3 Å². The van der Waals surface area contributed by atoms with Crippen molar-refractivity contribution in [3.63, 3.8) is 0 Å². The summed E-state index contributed by atoms with van der Waals surface area (Å²) >= 11 is 0. The second kappa shape index (κ2) is 7.24. The van der Waals surface area contributed by atoms with Crippen molar-refractivity contribution in [3.05, 3.63) is 0 Å². The Morgan fingerprint density at radius 2 is 1.93 bits per heavy atom. The van der Waals surface area contributed by atoms with Gasteiger partial charge in [-0.1, -0.05) is 26.2 Å². The molecule has 0 aromatic carbocycles. The fraction of sp³-hybridized carbons (Fsp3) is 1.00. The van der Waals surface area contributed by atoms with E-state index in [2.05, 4.69) is 19.2 Å². The van der Waals surface area contributed by atoms with E-state index in [9.17, 15) is 0 Å². The normalized spacial score (nSPS) is 26.1. The van der Waals surface area contributed by atoms with Crippen molar-refractivity contribution in [2.45, 2.75) is 64.5 Å². The maximum absolute atomic E-state index is 5.51. The molecule has 0 spiro atoms. The number of hydrogen-bond acceptors (Lipinski definition) is 2. The maximum Gasteiger partial charge on any atom is 0.0604 e. The lowest BCUT2D eigenvalue weighted by atomic mass is 9.89. The van der Waals surface area contributed by atoms with Gasteiger partial charge in [0.1, 0.15) is 0 Å². The first-order valence-electron chi connectivity index (χ1n) is 6.21. The van der Waals surface area contributed by atoms with Crippen molar-refractivity contribution >= 4 is 0 Å². The molecule has 0 heterocycles. The molecule has 2 nitrogen and oxygen atoms in total. The fourth-order valence-corrected chi connectivity index (χ4v) is 1.96. The van der Waals surface area contributed by atoms with Gasteiger partial charge in [-0.25, -0.2) is 0 Å². The molecular formula is C12H25NO. The summed E-state index contributed by atoms with van der Waals surface area (Å²) in [6.45, 7) is 6.40. The number of ether oxygens (including phenoxy) is 1. The van der Waals surface area contributed by atoms with Gasteiger partial charge in [-0.15, -0.1) is 0 Å². The molecule has 1 N–H and O–H groups in total. The molecule has 0 amide bonds. The molecule has 0 radical (unpaired) electrons. The molecule has 1 fully saturated rings. The largest absolute Gasteiger partial charge is 0.378 e. The summed E-state index contributed by atoms with van der Waals surface area (Å²) in [6.07, 6.45) is 8.43. The number of rotatable bonds is 8. The maximum atomic E-state index is 5.51. The van der Waals surface area contributed by atoms with Crippen LogP contribution in [-0.2, 0) is 4.74 Å². The third-order valence-corrected chi connectivity index (χ3v) is 2.96. The van der Waals surface area contributed by atoms with Gasteiger partial charge >= 0.3 is 0 Å². The van der Waals surface area contributed by atoms with E-state index in [-0.39, 0.29) is 0 Å². The van der Waals surface area contributed by atoms with E-state index in [1.807, 2.05) is 0 Å². The number of unbranched alkanes of at least 4 members (excludes halogenated alkanes) is 3. The molecule has 1 rings (SSSR count). The average Bonchev–Trinajstić information content (AvgIpc) is 2.13. The van der Waals surface area contributed by atoms with Crippen LogP contribution in [0.2, 0.25) is 0 Å². The summed E-state index contributed by atoms with van der Waals surface area (Å²) < 4.78 is 5.51. The Kier molecular flexibility index (Phi) is 6.20. The zero-order chi connectivity index (χ0) is 10.2. The molecule has 0 aromatic rings. The average molecular weight is 199 g/mol. The molecule has 0 atom stereocenters. The van der Waals surface area contributed by atoms with Crippen molar-refractivity contribution < 1.29 is 4.74 Å². The van der Waals surface area contributed by atoms with Crippen molar-refractivity contribution in [2.75, 3.05) is 13.2 Å². The van der Waals surface area contributed by atoms with Crippen LogP contribution >= 0.6 is 0 Å². The highest BCUT2D eigenvalue weighted by Gasteiger charge is 2.28. The molecule has 1 saturated carbocycles. The van der Waals surface area contributed by atoms with Crippen LogP contribution < -0.4 is 5.32 Å². The summed E-state index contributed by atoms with van der Waals surface area (Å²) in [5, 5.41) is 3.59. The lowest BCUT2D eigenvalue weighted by molar-refractivity contribution is -0.00975. The standard InChI is InChI=1S/C12H25NO/c1-3-5-6-7-8-13-11-9-12(10-11)14-4-2/h11-13H,3-10H2,1-2H3. The molecule has 0 unspecified atom stereocenters. The first-order valence-corrected chi connectivity index (χ1v) is 6.21. The zero-order valence-corrected chi connectivity index (χ0v) is 9.72. The van der Waals surface area contributed by atoms with E-state index in [0.717, 1.165) is 12.6 Å². The second-order valence-corrected chi connectivity index (χ2v) is 4.26. The summed E-state index contributed by atoms with van der Waals surface area (Å²) in [7, 11) is 0. The lowest BCUT2D eigenvalue weighted by Gasteiger charge is -2.35. The number of hydrogen-bond donors (Lipinski definition) is 1. The van der Waals surface area contributed by atoms with Gasteiger partial charge in [-0.2, -0.15) is 0 Å². The Morgan fingerprint density at radius 1 is 1.14 bits per heavy atom. The molecule has 2 heteroatoms. The van der Waals surface area contributed by atoms with Gasteiger partial charge in [0, 0.05) is 12.6 Å². The minimum Gasteiger partial charge on any atom is -0.378 e. The predicted molar refractivity (Wildman–Crippen MR) is 60.6 cm³/mol. The van der Waals surface area contributed by atoms with Crippen LogP contribution in [0.1, 0.15) is 52.4 Å². The SMILES string of the molecule is CCCCCCNC1CC(OCC)C1. The first-order chi connectivity index (χ1) is 6.86. The van der Waals surface area contributed by atoms with Crippen LogP contribution in [0.4, 0.5) is 0 Å².